The van der Waals surface area contributed by atoms with Gasteiger partial charge in [0.25, 0.3) is 0 Å². The summed E-state index contributed by atoms with van der Waals surface area (Å²) in [7, 11) is 0. The second kappa shape index (κ2) is 11.7. The Morgan fingerprint density at radius 2 is 0.861 bits per heavy atom. The molecule has 0 aliphatic rings. The topological polar surface area (TPSA) is 76.7 Å². The molecule has 6 nitrogen and oxygen atoms in total. The second-order valence-electron chi connectivity index (χ2n) is 8.32. The van der Waals surface area contributed by atoms with Crippen molar-refractivity contribution in [2.75, 3.05) is 10.6 Å². The lowest BCUT2D eigenvalue weighted by Gasteiger charge is -2.15. The molecule has 6 heteroatoms. The Hall–Kier alpha value is -4.58. The molecule has 4 aromatic rings. The van der Waals surface area contributed by atoms with Gasteiger partial charge < -0.3 is 9.47 Å². The van der Waals surface area contributed by atoms with Crippen molar-refractivity contribution in [1.29, 1.82) is 0 Å². The van der Waals surface area contributed by atoms with E-state index in [0.717, 1.165) is 22.3 Å². The Labute approximate surface area is 210 Å². The van der Waals surface area contributed by atoms with E-state index in [1.54, 1.807) is 0 Å². The zero-order chi connectivity index (χ0) is 25.3. The van der Waals surface area contributed by atoms with E-state index >= 15 is 0 Å². The molecule has 0 fully saturated rings. The molecule has 2 N–H and O–H groups in total. The first kappa shape index (κ1) is 24.5. The molecule has 0 spiro atoms. The molecule has 0 saturated heterocycles. The largest absolute Gasteiger partial charge is 0.441 e. The van der Waals surface area contributed by atoms with Crippen molar-refractivity contribution in [2.24, 2.45) is 0 Å². The van der Waals surface area contributed by atoms with E-state index in [2.05, 4.69) is 10.6 Å². The summed E-state index contributed by atoms with van der Waals surface area (Å²) in [5.74, 6) is 0. The summed E-state index contributed by atoms with van der Waals surface area (Å²) in [4.78, 5) is 24.5. The molecule has 0 aliphatic heterocycles. The number of hydrogen-bond acceptors (Lipinski definition) is 4. The van der Waals surface area contributed by atoms with E-state index in [4.69, 9.17) is 9.47 Å². The highest BCUT2D eigenvalue weighted by Gasteiger charge is 2.13. The molecule has 0 saturated carbocycles. The van der Waals surface area contributed by atoms with Crippen molar-refractivity contribution < 1.29 is 19.1 Å². The third-order valence-corrected chi connectivity index (χ3v) is 5.70. The lowest BCUT2D eigenvalue weighted by Crippen LogP contribution is -2.16. The van der Waals surface area contributed by atoms with Gasteiger partial charge in [-0.25, -0.2) is 9.59 Å². The molecular weight excluding hydrogens is 452 g/mol. The number of amides is 2. The van der Waals surface area contributed by atoms with E-state index in [1.165, 1.54) is 0 Å². The lowest BCUT2D eigenvalue weighted by molar-refractivity contribution is 0.120. The summed E-state index contributed by atoms with van der Waals surface area (Å²) < 4.78 is 10.9. The molecule has 0 aliphatic carbocycles. The van der Waals surface area contributed by atoms with Gasteiger partial charge in [-0.3, -0.25) is 10.6 Å². The number of hydrogen-bond donors (Lipinski definition) is 2. The van der Waals surface area contributed by atoms with Crippen molar-refractivity contribution in [3.63, 3.8) is 0 Å². The fourth-order valence-electron chi connectivity index (χ4n) is 3.69. The zero-order valence-electron chi connectivity index (χ0n) is 20.2. The summed E-state index contributed by atoms with van der Waals surface area (Å²) in [5.41, 5.74) is 5.08. The molecule has 4 aromatic carbocycles. The molecule has 0 heterocycles. The fourth-order valence-corrected chi connectivity index (χ4v) is 3.69. The van der Waals surface area contributed by atoms with Gasteiger partial charge in [0.05, 0.1) is 0 Å². The minimum Gasteiger partial charge on any atom is -0.441 e. The number of benzene rings is 4. The fraction of sp³-hybridized carbons (Fsp3) is 0.133. The van der Waals surface area contributed by atoms with Crippen molar-refractivity contribution in [1.82, 2.24) is 0 Å². The average Bonchev–Trinajstić information content (AvgIpc) is 2.90. The number of rotatable bonds is 7. The first-order valence-corrected chi connectivity index (χ1v) is 11.7. The predicted octanol–water partition coefficient (Wildman–Crippen LogP) is 7.97. The van der Waals surface area contributed by atoms with Crippen LogP contribution in [0.25, 0.3) is 11.1 Å². The molecule has 0 aromatic heterocycles. The van der Waals surface area contributed by atoms with Gasteiger partial charge in [0.2, 0.25) is 0 Å². The molecule has 4 rings (SSSR count). The molecule has 36 heavy (non-hydrogen) atoms. The second-order valence-corrected chi connectivity index (χ2v) is 8.32. The van der Waals surface area contributed by atoms with Crippen LogP contribution in [-0.4, -0.2) is 12.2 Å². The number of nitrogens with one attached hydrogen (secondary N) is 2. The van der Waals surface area contributed by atoms with Gasteiger partial charge in [0.15, 0.2) is 0 Å². The Morgan fingerprint density at radius 3 is 1.19 bits per heavy atom. The maximum Gasteiger partial charge on any atom is 0.412 e. The van der Waals surface area contributed by atoms with Crippen molar-refractivity contribution in [3.8, 4) is 11.1 Å². The number of carbonyl (C=O) groups is 2. The van der Waals surface area contributed by atoms with Crippen LogP contribution in [0.3, 0.4) is 0 Å². The maximum atomic E-state index is 12.2. The first-order chi connectivity index (χ1) is 17.5. The molecule has 182 valence electrons. The Balaban J connectivity index is 1.29. The quantitative estimate of drug-likeness (QED) is 0.281. The van der Waals surface area contributed by atoms with Crippen LogP contribution in [0.5, 0.6) is 0 Å². The third-order valence-electron chi connectivity index (χ3n) is 5.70. The van der Waals surface area contributed by atoms with Gasteiger partial charge in [0.1, 0.15) is 12.2 Å². The van der Waals surface area contributed by atoms with Gasteiger partial charge in [-0.05, 0) is 60.4 Å². The SMILES string of the molecule is CC(OC(=O)Nc1ccc(-c2ccc(NC(=O)OC(C)c3ccccc3)cc2)cc1)c1ccccc1. The smallest absolute Gasteiger partial charge is 0.412 e. The molecule has 2 amide bonds. The van der Waals surface area contributed by atoms with Gasteiger partial charge in [0, 0.05) is 11.4 Å². The van der Waals surface area contributed by atoms with Crippen LogP contribution in [0.2, 0.25) is 0 Å². The molecular formula is C30H28N2O4. The average molecular weight is 481 g/mol. The highest BCUT2D eigenvalue weighted by atomic mass is 16.6. The lowest BCUT2D eigenvalue weighted by atomic mass is 10.1. The molecule has 2 atom stereocenters. The van der Waals surface area contributed by atoms with Crippen LogP contribution in [-0.2, 0) is 9.47 Å². The number of anilines is 2. The van der Waals surface area contributed by atoms with E-state index in [1.807, 2.05) is 123 Å². The normalized spacial score (nSPS) is 12.2. The number of carbonyl (C=O) groups excluding carboxylic acids is 2. The minimum atomic E-state index is -0.511. The molecule has 0 bridgehead atoms. The van der Waals surface area contributed by atoms with Crippen LogP contribution in [0.1, 0.15) is 37.2 Å². The Bertz CT molecular complexity index is 1170. The summed E-state index contributed by atoms with van der Waals surface area (Å²) >= 11 is 0. The van der Waals surface area contributed by atoms with E-state index in [0.29, 0.717) is 11.4 Å². The Morgan fingerprint density at radius 1 is 0.528 bits per heavy atom. The summed E-state index contributed by atoms with van der Waals surface area (Å²) in [6.45, 7) is 3.67. The third kappa shape index (κ3) is 6.73. The maximum absolute atomic E-state index is 12.2. The highest BCUT2D eigenvalue weighted by Crippen LogP contribution is 2.24. The summed E-state index contributed by atoms with van der Waals surface area (Å²) in [5, 5.41) is 5.51. The monoisotopic (exact) mass is 480 g/mol. The van der Waals surface area contributed by atoms with E-state index < -0.39 is 12.2 Å². The van der Waals surface area contributed by atoms with Crippen LogP contribution in [0, 0.1) is 0 Å². The van der Waals surface area contributed by atoms with Crippen LogP contribution < -0.4 is 10.6 Å². The van der Waals surface area contributed by atoms with Gasteiger partial charge in [-0.1, -0.05) is 84.9 Å². The van der Waals surface area contributed by atoms with Crippen molar-refractivity contribution in [3.05, 3.63) is 120 Å². The van der Waals surface area contributed by atoms with E-state index in [-0.39, 0.29) is 12.2 Å². The van der Waals surface area contributed by atoms with Crippen LogP contribution in [0.15, 0.2) is 109 Å². The molecule has 0 radical (unpaired) electrons. The highest BCUT2D eigenvalue weighted by molar-refractivity contribution is 5.86. The van der Waals surface area contributed by atoms with Gasteiger partial charge >= 0.3 is 12.2 Å². The zero-order valence-corrected chi connectivity index (χ0v) is 20.2. The predicted molar refractivity (Wildman–Crippen MR) is 142 cm³/mol. The van der Waals surface area contributed by atoms with E-state index in [9.17, 15) is 9.59 Å². The minimum absolute atomic E-state index is 0.351. The Kier molecular flexibility index (Phi) is 7.98. The van der Waals surface area contributed by atoms with Crippen molar-refractivity contribution >= 4 is 23.6 Å². The molecule has 2 unspecified atom stereocenters. The van der Waals surface area contributed by atoms with Crippen molar-refractivity contribution in [2.45, 2.75) is 26.1 Å². The van der Waals surface area contributed by atoms with Crippen LogP contribution >= 0.6 is 0 Å². The van der Waals surface area contributed by atoms with Crippen LogP contribution in [0.4, 0.5) is 21.0 Å². The summed E-state index contributed by atoms with van der Waals surface area (Å²) in [6.07, 6.45) is -1.72. The standard InChI is InChI=1S/C30H28N2O4/c1-21(23-9-5-3-6-10-23)35-29(33)31-27-17-13-25(14-18-27)26-15-19-28(20-16-26)32-30(34)36-22(2)24-11-7-4-8-12-24/h3-22H,1-2H3,(H,31,33)(H,32,34). The summed E-state index contributed by atoms with van der Waals surface area (Å²) in [6, 6.07) is 34.1. The number of ether oxygens (including phenoxy) is 2. The van der Waals surface area contributed by atoms with Gasteiger partial charge in [-0.2, -0.15) is 0 Å². The van der Waals surface area contributed by atoms with Gasteiger partial charge in [-0.15, -0.1) is 0 Å². The first-order valence-electron chi connectivity index (χ1n) is 11.7.